The van der Waals surface area contributed by atoms with Gasteiger partial charge < -0.3 is 14.7 Å². The Morgan fingerprint density at radius 3 is 2.37 bits per heavy atom. The summed E-state index contributed by atoms with van der Waals surface area (Å²) in [5.41, 5.74) is 0.305. The number of aliphatic hydroxyl groups excluding tert-OH is 1. The van der Waals surface area contributed by atoms with Gasteiger partial charge in [0.1, 0.15) is 18.5 Å². The minimum atomic E-state index is -0.750. The van der Waals surface area contributed by atoms with Crippen LogP contribution in [0.4, 0.5) is 4.39 Å². The lowest BCUT2D eigenvalue weighted by molar-refractivity contribution is -0.166. The fourth-order valence-corrected chi connectivity index (χ4v) is 7.29. The summed E-state index contributed by atoms with van der Waals surface area (Å²) in [6, 6.07) is 3.45. The lowest BCUT2D eigenvalue weighted by Gasteiger charge is -2.56. The normalized spacial score (nSPS) is 36.9. The number of carbonyl (C=O) groups excluding carboxylic acids is 2. The van der Waals surface area contributed by atoms with Crippen molar-refractivity contribution in [3.05, 3.63) is 34.1 Å². The third kappa shape index (κ3) is 3.58. The first kappa shape index (κ1) is 20.4. The van der Waals surface area contributed by atoms with Gasteiger partial charge in [0, 0.05) is 23.0 Å². The standard InChI is InChI=1S/C23H27BrFNO4/c24-19-6-17(25)2-1-16(19)12-30-21(28)20-7-18(27)11-26(20)22(29)23-8-13-3-14(9-23)5-15(4-13)10-23/h1-2,6,13-15,18,20,27H,3-5,7-12H2/t13?,14?,15?,18-,20+,23?/m1/s1. The predicted octanol–water partition coefficient (Wildman–Crippen LogP) is 3.81. The number of rotatable bonds is 4. The number of likely N-dealkylation sites (tertiary alicyclic amines) is 1. The zero-order chi connectivity index (χ0) is 21.0. The maximum Gasteiger partial charge on any atom is 0.329 e. The smallest absolute Gasteiger partial charge is 0.329 e. The summed E-state index contributed by atoms with van der Waals surface area (Å²) in [6.07, 6.45) is 6.01. The third-order valence-corrected chi connectivity index (χ3v) is 8.43. The van der Waals surface area contributed by atoms with Gasteiger partial charge in [0.25, 0.3) is 0 Å². The van der Waals surface area contributed by atoms with Crippen LogP contribution >= 0.6 is 15.9 Å². The van der Waals surface area contributed by atoms with Crippen molar-refractivity contribution in [1.82, 2.24) is 4.90 Å². The Labute approximate surface area is 184 Å². The van der Waals surface area contributed by atoms with E-state index < -0.39 is 18.1 Å². The van der Waals surface area contributed by atoms with Crippen LogP contribution in [0, 0.1) is 29.0 Å². The molecule has 0 unspecified atom stereocenters. The number of β-amino-alcohol motifs (C(OH)–C–C–N with tert-alkyl or cyclic N) is 1. The van der Waals surface area contributed by atoms with Crippen molar-refractivity contribution in [3.63, 3.8) is 0 Å². The van der Waals surface area contributed by atoms with Crippen molar-refractivity contribution < 1.29 is 23.8 Å². The van der Waals surface area contributed by atoms with Crippen LogP contribution in [0.5, 0.6) is 0 Å². The average Bonchev–Trinajstić information content (AvgIpc) is 3.07. The number of hydrogen-bond donors (Lipinski definition) is 1. The molecule has 1 aromatic carbocycles. The van der Waals surface area contributed by atoms with E-state index in [0.29, 0.717) is 27.8 Å². The second kappa shape index (κ2) is 7.59. The molecule has 5 fully saturated rings. The summed E-state index contributed by atoms with van der Waals surface area (Å²) in [4.78, 5) is 28.1. The van der Waals surface area contributed by atoms with Crippen molar-refractivity contribution in [2.45, 2.75) is 63.7 Å². The molecule has 0 aromatic heterocycles. The van der Waals surface area contributed by atoms with Gasteiger partial charge in [-0.1, -0.05) is 22.0 Å². The molecule has 30 heavy (non-hydrogen) atoms. The molecule has 4 aliphatic carbocycles. The Morgan fingerprint density at radius 1 is 1.13 bits per heavy atom. The number of esters is 1. The molecule has 162 valence electrons. The molecular weight excluding hydrogens is 453 g/mol. The Kier molecular flexibility index (Phi) is 5.17. The van der Waals surface area contributed by atoms with Crippen LogP contribution in [0.1, 0.15) is 50.5 Å². The molecule has 5 aliphatic rings. The van der Waals surface area contributed by atoms with E-state index in [4.69, 9.17) is 4.74 Å². The van der Waals surface area contributed by atoms with Gasteiger partial charge in [-0.15, -0.1) is 0 Å². The summed E-state index contributed by atoms with van der Waals surface area (Å²) in [5.74, 6) is 1.07. The number of aliphatic hydroxyl groups is 1. The molecule has 4 bridgehead atoms. The summed E-state index contributed by atoms with van der Waals surface area (Å²) >= 11 is 3.28. The molecule has 1 amide bonds. The topological polar surface area (TPSA) is 66.8 Å². The molecule has 4 saturated carbocycles. The summed E-state index contributed by atoms with van der Waals surface area (Å²) in [6.45, 7) is 0.187. The van der Waals surface area contributed by atoms with Crippen LogP contribution in [0.25, 0.3) is 0 Å². The Balaban J connectivity index is 1.30. The van der Waals surface area contributed by atoms with Crippen molar-refractivity contribution in [3.8, 4) is 0 Å². The van der Waals surface area contributed by atoms with E-state index in [1.807, 2.05) is 0 Å². The first-order valence-electron chi connectivity index (χ1n) is 10.9. The predicted molar refractivity (Wildman–Crippen MR) is 111 cm³/mol. The zero-order valence-electron chi connectivity index (χ0n) is 16.9. The van der Waals surface area contributed by atoms with Gasteiger partial charge >= 0.3 is 5.97 Å². The van der Waals surface area contributed by atoms with E-state index in [9.17, 15) is 19.1 Å². The highest BCUT2D eigenvalue weighted by Gasteiger charge is 2.57. The first-order valence-corrected chi connectivity index (χ1v) is 11.7. The molecule has 5 nitrogen and oxygen atoms in total. The maximum atomic E-state index is 13.7. The third-order valence-electron chi connectivity index (χ3n) is 7.69. The highest BCUT2D eigenvalue weighted by molar-refractivity contribution is 9.10. The molecular formula is C23H27BrFNO4. The number of amides is 1. The van der Waals surface area contributed by atoms with Gasteiger partial charge in [0.05, 0.1) is 11.5 Å². The quantitative estimate of drug-likeness (QED) is 0.666. The van der Waals surface area contributed by atoms with E-state index in [2.05, 4.69) is 15.9 Å². The number of ether oxygens (including phenoxy) is 1. The van der Waals surface area contributed by atoms with Gasteiger partial charge in [-0.05, 0) is 68.4 Å². The Morgan fingerprint density at radius 2 is 1.77 bits per heavy atom. The molecule has 0 spiro atoms. The van der Waals surface area contributed by atoms with Gasteiger partial charge in [0.2, 0.25) is 5.91 Å². The Hall–Kier alpha value is -1.47. The second-order valence-corrected chi connectivity index (χ2v) is 10.8. The average molecular weight is 480 g/mol. The molecule has 0 radical (unpaired) electrons. The monoisotopic (exact) mass is 479 g/mol. The van der Waals surface area contributed by atoms with Crippen molar-refractivity contribution in [1.29, 1.82) is 0 Å². The summed E-state index contributed by atoms with van der Waals surface area (Å²) in [5, 5.41) is 10.3. The molecule has 1 N–H and O–H groups in total. The van der Waals surface area contributed by atoms with E-state index in [-0.39, 0.29) is 36.7 Å². The van der Waals surface area contributed by atoms with E-state index in [1.165, 1.54) is 31.4 Å². The van der Waals surface area contributed by atoms with Gasteiger partial charge in [0.15, 0.2) is 0 Å². The van der Waals surface area contributed by atoms with E-state index in [1.54, 1.807) is 11.0 Å². The zero-order valence-corrected chi connectivity index (χ0v) is 18.4. The number of hydrogen-bond acceptors (Lipinski definition) is 4. The molecule has 7 heteroatoms. The van der Waals surface area contributed by atoms with Crippen molar-refractivity contribution in [2.75, 3.05) is 6.54 Å². The van der Waals surface area contributed by atoms with Crippen molar-refractivity contribution in [2.24, 2.45) is 23.2 Å². The molecule has 6 rings (SSSR count). The molecule has 1 aliphatic heterocycles. The largest absolute Gasteiger partial charge is 0.459 e. The molecule has 1 heterocycles. The Bertz CT molecular complexity index is 839. The van der Waals surface area contributed by atoms with Crippen LogP contribution in [-0.2, 0) is 20.9 Å². The number of carbonyl (C=O) groups is 2. The van der Waals surface area contributed by atoms with Crippen LogP contribution in [0.3, 0.4) is 0 Å². The van der Waals surface area contributed by atoms with Gasteiger partial charge in [-0.2, -0.15) is 0 Å². The lowest BCUT2D eigenvalue weighted by atomic mass is 9.49. The van der Waals surface area contributed by atoms with E-state index >= 15 is 0 Å². The summed E-state index contributed by atoms with van der Waals surface area (Å²) in [7, 11) is 0. The van der Waals surface area contributed by atoms with Crippen LogP contribution in [0.15, 0.2) is 22.7 Å². The number of halogens is 2. The van der Waals surface area contributed by atoms with Crippen LogP contribution in [0.2, 0.25) is 0 Å². The fourth-order valence-electron chi connectivity index (χ4n) is 6.82. The highest BCUT2D eigenvalue weighted by Crippen LogP contribution is 2.60. The van der Waals surface area contributed by atoms with Gasteiger partial charge in [-0.25, -0.2) is 9.18 Å². The molecule has 2 atom stereocenters. The van der Waals surface area contributed by atoms with Gasteiger partial charge in [-0.3, -0.25) is 4.79 Å². The first-order chi connectivity index (χ1) is 14.3. The number of nitrogens with zero attached hydrogens (tertiary/aromatic N) is 1. The van der Waals surface area contributed by atoms with Crippen LogP contribution < -0.4 is 0 Å². The minimum Gasteiger partial charge on any atom is -0.459 e. The van der Waals surface area contributed by atoms with Crippen LogP contribution in [-0.4, -0.2) is 40.6 Å². The molecule has 1 saturated heterocycles. The maximum absolute atomic E-state index is 13.7. The minimum absolute atomic E-state index is 0.00825. The molecule has 1 aromatic rings. The highest BCUT2D eigenvalue weighted by atomic mass is 79.9. The second-order valence-electron chi connectivity index (χ2n) is 9.90. The van der Waals surface area contributed by atoms with Crippen molar-refractivity contribution >= 4 is 27.8 Å². The SMILES string of the molecule is O=C(OCc1ccc(F)cc1Br)[C@@H]1C[C@@H](O)CN1C(=O)C12CC3CC(CC(C3)C1)C2. The van der Waals surface area contributed by atoms with E-state index in [0.717, 1.165) is 19.3 Å². The lowest BCUT2D eigenvalue weighted by Crippen LogP contribution is -2.56. The summed E-state index contributed by atoms with van der Waals surface area (Å²) < 4.78 is 19.3. The number of benzene rings is 1. The fraction of sp³-hybridized carbons (Fsp3) is 0.652.